The van der Waals surface area contributed by atoms with E-state index in [1.807, 2.05) is 26.0 Å². The minimum atomic E-state index is -4.80. The van der Waals surface area contributed by atoms with E-state index in [-0.39, 0.29) is 16.5 Å². The molecule has 0 fully saturated rings. The van der Waals surface area contributed by atoms with Crippen LogP contribution < -0.4 is 9.62 Å². The minimum absolute atomic E-state index is 0.0446. The summed E-state index contributed by atoms with van der Waals surface area (Å²) >= 11 is 6.26. The van der Waals surface area contributed by atoms with Gasteiger partial charge < -0.3 is 10.2 Å². The Labute approximate surface area is 249 Å². The summed E-state index contributed by atoms with van der Waals surface area (Å²) in [6.07, 6.45) is -3.24. The van der Waals surface area contributed by atoms with Gasteiger partial charge >= 0.3 is 6.18 Å². The number of aryl methyl sites for hydroxylation is 1. The van der Waals surface area contributed by atoms with Crippen LogP contribution in [0, 0.1) is 6.92 Å². The van der Waals surface area contributed by atoms with Crippen LogP contribution in [0.4, 0.5) is 18.9 Å². The van der Waals surface area contributed by atoms with Crippen LogP contribution in [0.2, 0.25) is 5.02 Å². The van der Waals surface area contributed by atoms with Gasteiger partial charge in [-0.15, -0.1) is 0 Å². The van der Waals surface area contributed by atoms with Crippen LogP contribution in [0.15, 0.2) is 77.7 Å². The molecule has 0 saturated carbocycles. The number of amides is 2. The van der Waals surface area contributed by atoms with Crippen LogP contribution in [0.3, 0.4) is 0 Å². The molecule has 0 aliphatic rings. The lowest BCUT2D eigenvalue weighted by Gasteiger charge is -2.32. The fourth-order valence-corrected chi connectivity index (χ4v) is 5.84. The molecule has 0 spiro atoms. The Hall–Kier alpha value is -3.57. The smallest absolute Gasteiger partial charge is 0.354 e. The molecule has 0 heterocycles. The Kier molecular flexibility index (Phi) is 11.0. The first kappa shape index (κ1) is 32.9. The van der Waals surface area contributed by atoms with Gasteiger partial charge in [-0.2, -0.15) is 13.2 Å². The quantitative estimate of drug-likeness (QED) is 0.244. The third-order valence-corrected chi connectivity index (χ3v) is 8.72. The summed E-state index contributed by atoms with van der Waals surface area (Å²) in [5.41, 5.74) is -0.000138. The molecule has 0 saturated heterocycles. The van der Waals surface area contributed by atoms with Crippen molar-refractivity contribution < 1.29 is 31.2 Å². The average molecular weight is 624 g/mol. The topological polar surface area (TPSA) is 86.8 Å². The largest absolute Gasteiger partial charge is 0.416 e. The average Bonchev–Trinajstić information content (AvgIpc) is 2.95. The number of benzene rings is 3. The Morgan fingerprint density at radius 2 is 1.64 bits per heavy atom. The summed E-state index contributed by atoms with van der Waals surface area (Å²) in [7, 11) is -4.58. The number of unbranched alkanes of at least 4 members (excludes halogenated alkanes) is 1. The van der Waals surface area contributed by atoms with E-state index < -0.39 is 51.9 Å². The summed E-state index contributed by atoms with van der Waals surface area (Å²) in [4.78, 5) is 27.9. The van der Waals surface area contributed by atoms with E-state index in [0.29, 0.717) is 22.5 Å². The van der Waals surface area contributed by atoms with Crippen molar-refractivity contribution in [1.82, 2.24) is 10.2 Å². The lowest BCUT2D eigenvalue weighted by Crippen LogP contribution is -2.51. The van der Waals surface area contributed by atoms with Crippen molar-refractivity contribution in [3.63, 3.8) is 0 Å². The molecule has 0 bridgehead atoms. The van der Waals surface area contributed by atoms with Gasteiger partial charge in [-0.05, 0) is 56.2 Å². The van der Waals surface area contributed by atoms with Crippen LogP contribution in [-0.4, -0.2) is 44.3 Å². The van der Waals surface area contributed by atoms with E-state index in [0.717, 1.165) is 30.5 Å². The summed E-state index contributed by atoms with van der Waals surface area (Å²) < 4.78 is 69.1. The normalized spacial score (nSPS) is 12.5. The predicted octanol–water partition coefficient (Wildman–Crippen LogP) is 6.20. The van der Waals surface area contributed by atoms with Crippen LogP contribution in [0.1, 0.15) is 43.4 Å². The zero-order valence-electron chi connectivity index (χ0n) is 23.5. The highest BCUT2D eigenvalue weighted by Crippen LogP contribution is 2.37. The molecule has 3 aromatic carbocycles. The molecule has 1 atom stereocenters. The summed E-state index contributed by atoms with van der Waals surface area (Å²) in [5, 5.41) is 2.48. The number of rotatable bonds is 12. The van der Waals surface area contributed by atoms with E-state index in [2.05, 4.69) is 5.32 Å². The molecule has 226 valence electrons. The lowest BCUT2D eigenvalue weighted by molar-refractivity contribution is -0.139. The number of alkyl halides is 3. The number of anilines is 1. The Bertz CT molecular complexity index is 1480. The molecule has 42 heavy (non-hydrogen) atoms. The second-order valence-electron chi connectivity index (χ2n) is 9.82. The van der Waals surface area contributed by atoms with Gasteiger partial charge in [0.25, 0.3) is 10.0 Å². The van der Waals surface area contributed by atoms with Crippen molar-refractivity contribution in [3.05, 3.63) is 94.5 Å². The van der Waals surface area contributed by atoms with Gasteiger partial charge in [0.05, 0.1) is 21.2 Å². The molecule has 0 aromatic heterocycles. The highest BCUT2D eigenvalue weighted by Gasteiger charge is 2.36. The van der Waals surface area contributed by atoms with Crippen molar-refractivity contribution >= 4 is 39.1 Å². The maximum absolute atomic E-state index is 13.9. The third kappa shape index (κ3) is 8.25. The molecule has 7 nitrogen and oxygen atoms in total. The fraction of sp³-hybridized carbons (Fsp3) is 0.333. The molecular formula is C30H33ClF3N3O4S. The van der Waals surface area contributed by atoms with Gasteiger partial charge in [0.15, 0.2) is 0 Å². The lowest BCUT2D eigenvalue weighted by atomic mass is 10.1. The maximum Gasteiger partial charge on any atom is 0.416 e. The van der Waals surface area contributed by atoms with Gasteiger partial charge in [0.1, 0.15) is 12.6 Å². The molecule has 0 aliphatic carbocycles. The van der Waals surface area contributed by atoms with E-state index >= 15 is 0 Å². The van der Waals surface area contributed by atoms with Gasteiger partial charge in [0, 0.05) is 13.1 Å². The monoisotopic (exact) mass is 623 g/mol. The van der Waals surface area contributed by atoms with Crippen molar-refractivity contribution in [1.29, 1.82) is 0 Å². The fourth-order valence-electron chi connectivity index (χ4n) is 4.12. The molecule has 12 heteroatoms. The first-order valence-corrected chi connectivity index (χ1v) is 15.1. The number of nitrogens with zero attached hydrogens (tertiary/aromatic N) is 2. The maximum atomic E-state index is 13.9. The Balaban J connectivity index is 2.09. The molecule has 0 aliphatic heterocycles. The van der Waals surface area contributed by atoms with Crippen molar-refractivity contribution in [3.8, 4) is 0 Å². The molecular weight excluding hydrogens is 591 g/mol. The SMILES string of the molecule is CCCCNC(=O)[C@H](C)N(Cc1ccc(C)cc1)C(=O)CN(c1cc(C(F)(F)F)ccc1Cl)S(=O)(=O)c1ccccc1. The van der Waals surface area contributed by atoms with Crippen LogP contribution in [0.25, 0.3) is 0 Å². The number of halogens is 4. The van der Waals surface area contributed by atoms with E-state index in [1.165, 1.54) is 36.1 Å². The third-order valence-electron chi connectivity index (χ3n) is 6.62. The number of nitrogens with one attached hydrogen (secondary N) is 1. The van der Waals surface area contributed by atoms with Crippen molar-refractivity contribution in [2.24, 2.45) is 0 Å². The van der Waals surface area contributed by atoms with Crippen LogP contribution >= 0.6 is 11.6 Å². The first-order chi connectivity index (χ1) is 19.8. The molecule has 3 aromatic rings. The van der Waals surface area contributed by atoms with Crippen molar-refractivity contribution in [2.75, 3.05) is 17.4 Å². The highest BCUT2D eigenvalue weighted by atomic mass is 35.5. The number of carbonyl (C=O) groups excluding carboxylic acids is 2. The van der Waals surface area contributed by atoms with Gasteiger partial charge in [-0.25, -0.2) is 8.42 Å². The zero-order chi connectivity index (χ0) is 31.1. The summed E-state index contributed by atoms with van der Waals surface area (Å²) in [6, 6.07) is 15.5. The summed E-state index contributed by atoms with van der Waals surface area (Å²) in [5.74, 6) is -1.25. The number of hydrogen-bond acceptors (Lipinski definition) is 4. The predicted molar refractivity (Wildman–Crippen MR) is 157 cm³/mol. The van der Waals surface area contributed by atoms with Gasteiger partial charge in [-0.3, -0.25) is 13.9 Å². The molecule has 3 rings (SSSR count). The molecule has 2 amide bonds. The Morgan fingerprint density at radius 1 is 1.00 bits per heavy atom. The van der Waals surface area contributed by atoms with Gasteiger partial charge in [0.2, 0.25) is 11.8 Å². The summed E-state index contributed by atoms with van der Waals surface area (Å²) in [6.45, 7) is 4.81. The standard InChI is InChI=1S/C30H33ClF3N3O4S/c1-4-5-17-35-29(39)22(3)36(19-23-13-11-21(2)12-14-23)28(38)20-37(42(40,41)25-9-7-6-8-10-25)27-18-24(30(32,33)34)15-16-26(27)31/h6-16,18,22H,4-5,17,19-20H2,1-3H3,(H,35,39)/t22-/m0/s1. The second-order valence-corrected chi connectivity index (χ2v) is 12.1. The van der Waals surface area contributed by atoms with E-state index in [9.17, 15) is 31.2 Å². The van der Waals surface area contributed by atoms with E-state index in [4.69, 9.17) is 11.6 Å². The number of sulfonamides is 1. The Morgan fingerprint density at radius 3 is 2.24 bits per heavy atom. The van der Waals surface area contributed by atoms with E-state index in [1.54, 1.807) is 18.2 Å². The van der Waals surface area contributed by atoms with Gasteiger partial charge in [-0.1, -0.05) is 73.0 Å². The first-order valence-electron chi connectivity index (χ1n) is 13.3. The molecule has 0 radical (unpaired) electrons. The number of hydrogen-bond donors (Lipinski definition) is 1. The number of carbonyl (C=O) groups is 2. The van der Waals surface area contributed by atoms with Crippen molar-refractivity contribution in [2.45, 2.75) is 57.3 Å². The zero-order valence-corrected chi connectivity index (χ0v) is 25.1. The van der Waals surface area contributed by atoms with Crippen LogP contribution in [0.5, 0.6) is 0 Å². The molecule has 1 N–H and O–H groups in total. The molecule has 0 unspecified atom stereocenters. The minimum Gasteiger partial charge on any atom is -0.354 e. The second kappa shape index (κ2) is 14.1. The highest BCUT2D eigenvalue weighted by molar-refractivity contribution is 7.92. The van der Waals surface area contributed by atoms with Crippen LogP contribution in [-0.2, 0) is 32.3 Å².